The van der Waals surface area contributed by atoms with E-state index in [9.17, 15) is 14.9 Å². The van der Waals surface area contributed by atoms with Crippen LogP contribution in [0.1, 0.15) is 23.2 Å². The summed E-state index contributed by atoms with van der Waals surface area (Å²) in [6.07, 6.45) is 1.59. The molecule has 6 heteroatoms. The third kappa shape index (κ3) is 2.88. The predicted molar refractivity (Wildman–Crippen MR) is 67.3 cm³/mol. The van der Waals surface area contributed by atoms with Crippen LogP contribution in [0.25, 0.3) is 0 Å². The van der Waals surface area contributed by atoms with E-state index in [2.05, 4.69) is 6.07 Å². The SMILES string of the molecule is N#CC1CCCN(C(=O)c2cccc([N+](=O)[O-])c2)C1. The maximum atomic E-state index is 12.2. The lowest BCUT2D eigenvalue weighted by Gasteiger charge is -2.29. The van der Waals surface area contributed by atoms with E-state index in [1.165, 1.54) is 18.2 Å². The standard InChI is InChI=1S/C13H13N3O3/c14-8-10-3-2-6-15(9-10)13(17)11-4-1-5-12(7-11)16(18)19/h1,4-5,7,10H,2-3,6,9H2. The van der Waals surface area contributed by atoms with Gasteiger partial charge >= 0.3 is 0 Å². The first-order valence-electron chi connectivity index (χ1n) is 6.05. The molecule has 0 spiro atoms. The quantitative estimate of drug-likeness (QED) is 0.600. The van der Waals surface area contributed by atoms with Crippen molar-refractivity contribution in [3.63, 3.8) is 0 Å². The number of nitrogens with zero attached hydrogens (tertiary/aromatic N) is 3. The van der Waals surface area contributed by atoms with Crippen molar-refractivity contribution in [1.82, 2.24) is 4.90 Å². The second kappa shape index (κ2) is 5.48. The minimum atomic E-state index is -0.523. The van der Waals surface area contributed by atoms with Crippen LogP contribution in [0.3, 0.4) is 0 Å². The zero-order valence-electron chi connectivity index (χ0n) is 10.3. The fourth-order valence-corrected chi connectivity index (χ4v) is 2.20. The first-order chi connectivity index (χ1) is 9.11. The van der Waals surface area contributed by atoms with Crippen LogP contribution in [0.5, 0.6) is 0 Å². The van der Waals surface area contributed by atoms with E-state index < -0.39 is 4.92 Å². The number of nitro groups is 1. The molecule has 1 saturated heterocycles. The molecule has 0 aliphatic carbocycles. The van der Waals surface area contributed by atoms with Gasteiger partial charge in [0.25, 0.3) is 11.6 Å². The molecule has 1 unspecified atom stereocenters. The smallest absolute Gasteiger partial charge is 0.270 e. The minimum Gasteiger partial charge on any atom is -0.337 e. The monoisotopic (exact) mass is 259 g/mol. The number of rotatable bonds is 2. The highest BCUT2D eigenvalue weighted by Crippen LogP contribution is 2.20. The van der Waals surface area contributed by atoms with E-state index >= 15 is 0 Å². The van der Waals surface area contributed by atoms with Crippen LogP contribution in [0, 0.1) is 27.4 Å². The molecule has 0 bridgehead atoms. The normalized spacial score (nSPS) is 18.7. The molecule has 2 rings (SSSR count). The molecule has 1 aromatic rings. The lowest BCUT2D eigenvalue weighted by molar-refractivity contribution is -0.384. The van der Waals surface area contributed by atoms with Crippen molar-refractivity contribution >= 4 is 11.6 Å². The van der Waals surface area contributed by atoms with Crippen molar-refractivity contribution in [3.8, 4) is 6.07 Å². The van der Waals surface area contributed by atoms with E-state index in [0.29, 0.717) is 18.7 Å². The van der Waals surface area contributed by atoms with E-state index in [1.54, 1.807) is 11.0 Å². The van der Waals surface area contributed by atoms with E-state index in [0.717, 1.165) is 12.8 Å². The van der Waals surface area contributed by atoms with Gasteiger partial charge in [-0.15, -0.1) is 0 Å². The Labute approximate surface area is 110 Å². The Balaban J connectivity index is 2.17. The van der Waals surface area contributed by atoms with Crippen LogP contribution in [0.15, 0.2) is 24.3 Å². The van der Waals surface area contributed by atoms with Crippen LogP contribution in [-0.2, 0) is 0 Å². The first-order valence-corrected chi connectivity index (χ1v) is 6.05. The molecule has 0 saturated carbocycles. The topological polar surface area (TPSA) is 87.2 Å². The van der Waals surface area contributed by atoms with Gasteiger partial charge in [0.15, 0.2) is 0 Å². The number of piperidine rings is 1. The zero-order valence-corrected chi connectivity index (χ0v) is 10.3. The third-order valence-corrected chi connectivity index (χ3v) is 3.20. The van der Waals surface area contributed by atoms with Gasteiger partial charge in [-0.25, -0.2) is 0 Å². The molecule has 1 aromatic carbocycles. The summed E-state index contributed by atoms with van der Waals surface area (Å²) in [5.74, 6) is -0.389. The average Bonchev–Trinajstić information content (AvgIpc) is 2.46. The van der Waals surface area contributed by atoms with Gasteiger partial charge in [0, 0.05) is 30.8 Å². The summed E-state index contributed by atoms with van der Waals surface area (Å²) in [5.41, 5.74) is 0.201. The van der Waals surface area contributed by atoms with Gasteiger partial charge in [-0.2, -0.15) is 5.26 Å². The highest BCUT2D eigenvalue weighted by atomic mass is 16.6. The summed E-state index contributed by atoms with van der Waals surface area (Å²) in [5, 5.41) is 19.6. The lowest BCUT2D eigenvalue weighted by atomic mass is 9.99. The fraction of sp³-hybridized carbons (Fsp3) is 0.385. The van der Waals surface area contributed by atoms with Crippen LogP contribution in [0.4, 0.5) is 5.69 Å². The number of benzene rings is 1. The van der Waals surface area contributed by atoms with E-state index in [1.807, 2.05) is 0 Å². The van der Waals surface area contributed by atoms with Crippen LogP contribution >= 0.6 is 0 Å². The Morgan fingerprint density at radius 2 is 2.32 bits per heavy atom. The Kier molecular flexibility index (Phi) is 3.76. The summed E-state index contributed by atoms with van der Waals surface area (Å²) < 4.78 is 0. The maximum absolute atomic E-state index is 12.2. The highest BCUT2D eigenvalue weighted by Gasteiger charge is 2.25. The summed E-state index contributed by atoms with van der Waals surface area (Å²) in [6, 6.07) is 7.85. The number of non-ortho nitro benzene ring substituents is 1. The Morgan fingerprint density at radius 3 is 3.00 bits per heavy atom. The van der Waals surface area contributed by atoms with Gasteiger partial charge in [-0.05, 0) is 18.9 Å². The lowest BCUT2D eigenvalue weighted by Crippen LogP contribution is -2.39. The van der Waals surface area contributed by atoms with Crippen LogP contribution in [0.2, 0.25) is 0 Å². The molecule has 1 amide bonds. The largest absolute Gasteiger partial charge is 0.337 e. The number of carbonyl (C=O) groups is 1. The third-order valence-electron chi connectivity index (χ3n) is 3.20. The van der Waals surface area contributed by atoms with Gasteiger partial charge in [-0.3, -0.25) is 14.9 Å². The molecule has 0 N–H and O–H groups in total. The second-order valence-corrected chi connectivity index (χ2v) is 4.53. The summed E-state index contributed by atoms with van der Waals surface area (Å²) in [7, 11) is 0. The molecule has 1 heterocycles. The summed E-state index contributed by atoms with van der Waals surface area (Å²) in [4.78, 5) is 24.0. The van der Waals surface area contributed by atoms with Gasteiger partial charge in [0.2, 0.25) is 0 Å². The van der Waals surface area contributed by atoms with E-state index in [-0.39, 0.29) is 17.5 Å². The van der Waals surface area contributed by atoms with Gasteiger partial charge in [-0.1, -0.05) is 6.07 Å². The summed E-state index contributed by atoms with van der Waals surface area (Å²) >= 11 is 0. The number of nitro benzene ring substituents is 1. The first kappa shape index (κ1) is 13.0. The van der Waals surface area contributed by atoms with Crippen molar-refractivity contribution in [2.24, 2.45) is 5.92 Å². The van der Waals surface area contributed by atoms with Crippen LogP contribution in [-0.4, -0.2) is 28.8 Å². The predicted octanol–water partition coefficient (Wildman–Crippen LogP) is 1.97. The Morgan fingerprint density at radius 1 is 1.53 bits per heavy atom. The Bertz CT molecular complexity index is 550. The van der Waals surface area contributed by atoms with Crippen molar-refractivity contribution < 1.29 is 9.72 Å². The maximum Gasteiger partial charge on any atom is 0.270 e. The van der Waals surface area contributed by atoms with Crippen molar-refractivity contribution in [3.05, 3.63) is 39.9 Å². The number of nitriles is 1. The number of carbonyl (C=O) groups excluding carboxylic acids is 1. The highest BCUT2D eigenvalue weighted by molar-refractivity contribution is 5.94. The number of hydrogen-bond donors (Lipinski definition) is 0. The van der Waals surface area contributed by atoms with Crippen LogP contribution < -0.4 is 0 Å². The molecular formula is C13H13N3O3. The molecule has 1 fully saturated rings. The molecule has 6 nitrogen and oxygen atoms in total. The molecular weight excluding hydrogens is 246 g/mol. The minimum absolute atomic E-state index is 0.0975. The zero-order chi connectivity index (χ0) is 13.8. The number of amides is 1. The van der Waals surface area contributed by atoms with Gasteiger partial charge in [0.1, 0.15) is 0 Å². The fourth-order valence-electron chi connectivity index (χ4n) is 2.20. The molecule has 19 heavy (non-hydrogen) atoms. The number of likely N-dealkylation sites (tertiary alicyclic amines) is 1. The van der Waals surface area contributed by atoms with E-state index in [4.69, 9.17) is 5.26 Å². The number of hydrogen-bond acceptors (Lipinski definition) is 4. The van der Waals surface area contributed by atoms with Gasteiger partial charge < -0.3 is 4.90 Å². The van der Waals surface area contributed by atoms with Crippen molar-refractivity contribution in [1.29, 1.82) is 5.26 Å². The molecule has 1 atom stereocenters. The Hall–Kier alpha value is -2.42. The second-order valence-electron chi connectivity index (χ2n) is 4.53. The molecule has 1 aliphatic rings. The molecule has 1 aliphatic heterocycles. The van der Waals surface area contributed by atoms with Gasteiger partial charge in [0.05, 0.1) is 16.9 Å². The average molecular weight is 259 g/mol. The molecule has 0 radical (unpaired) electrons. The molecule has 0 aromatic heterocycles. The summed E-state index contributed by atoms with van der Waals surface area (Å²) in [6.45, 7) is 0.998. The van der Waals surface area contributed by atoms with Crippen molar-refractivity contribution in [2.45, 2.75) is 12.8 Å². The molecule has 98 valence electrons. The van der Waals surface area contributed by atoms with Crippen molar-refractivity contribution in [2.75, 3.05) is 13.1 Å².